The molecule has 0 bridgehead atoms. The van der Waals surface area contributed by atoms with Gasteiger partial charge >= 0.3 is 12.1 Å². The Morgan fingerprint density at radius 3 is 2.66 bits per heavy atom. The molecular weight excluding hydrogens is 557 g/mol. The van der Waals surface area contributed by atoms with Crippen LogP contribution in [0.3, 0.4) is 0 Å². The third-order valence-electron chi connectivity index (χ3n) is 5.11. The van der Waals surface area contributed by atoms with Crippen LogP contribution in [-0.4, -0.2) is 49.8 Å². The number of nitrogen functional groups attached to an aromatic ring is 1. The Kier molecular flexibility index (Phi) is 6.78. The van der Waals surface area contributed by atoms with Crippen molar-refractivity contribution in [3.63, 3.8) is 0 Å². The number of aliphatic carboxylic acids is 1. The van der Waals surface area contributed by atoms with E-state index in [0.717, 1.165) is 28.0 Å². The molecule has 0 aliphatic carbocycles. The first-order chi connectivity index (χ1) is 16.4. The van der Waals surface area contributed by atoms with Crippen LogP contribution in [0.15, 0.2) is 26.3 Å². The van der Waals surface area contributed by atoms with E-state index >= 15 is 0 Å². The molecule has 2 aromatic heterocycles. The third kappa shape index (κ3) is 4.72. The summed E-state index contributed by atoms with van der Waals surface area (Å²) in [6.45, 7) is 0. The van der Waals surface area contributed by atoms with Gasteiger partial charge in [-0.1, -0.05) is 34.7 Å². The van der Waals surface area contributed by atoms with E-state index in [2.05, 4.69) is 20.5 Å². The minimum absolute atomic E-state index is 0.00785. The second kappa shape index (κ2) is 9.36. The summed E-state index contributed by atoms with van der Waals surface area (Å²) in [7, 11) is 0. The Hall–Kier alpha value is -2.76. The Labute approximate surface area is 210 Å². The van der Waals surface area contributed by atoms with Gasteiger partial charge in [0.15, 0.2) is 9.47 Å². The van der Waals surface area contributed by atoms with E-state index in [-0.39, 0.29) is 37.2 Å². The number of nitrogens with one attached hydrogen (secondary N) is 1. The number of nitrogens with two attached hydrogens (primary N) is 1. The second-order valence-corrected chi connectivity index (χ2v) is 11.2. The number of allylic oxidation sites excluding steroid dienone is 1. The maximum absolute atomic E-state index is 12.8. The number of anilines is 1. The molecule has 0 radical (unpaired) electrons. The molecule has 11 nitrogen and oxygen atoms in total. The molecule has 2 amide bonds. The summed E-state index contributed by atoms with van der Waals surface area (Å²) in [5, 5.41) is 14.8. The molecule has 2 aromatic rings. The van der Waals surface area contributed by atoms with Gasteiger partial charge in [-0.2, -0.15) is 13.2 Å². The van der Waals surface area contributed by atoms with Crippen molar-refractivity contribution in [3.05, 3.63) is 36.6 Å². The summed E-state index contributed by atoms with van der Waals surface area (Å²) < 4.78 is 38.5. The summed E-state index contributed by atoms with van der Waals surface area (Å²) in [5.74, 6) is -3.18. The lowest BCUT2D eigenvalue weighted by Gasteiger charge is -2.50. The number of halogens is 4. The number of aromatic nitrogens is 2. The Morgan fingerprint density at radius 2 is 2.11 bits per heavy atom. The Balaban J connectivity index is 1.52. The van der Waals surface area contributed by atoms with Crippen LogP contribution in [0, 0.1) is 4.91 Å². The minimum atomic E-state index is -4.58. The van der Waals surface area contributed by atoms with Crippen LogP contribution in [0.4, 0.5) is 18.3 Å². The molecule has 2 aliphatic rings. The average molecular weight is 569 g/mol. The Bertz CT molecular complexity index is 1260. The maximum Gasteiger partial charge on any atom is 0.427 e. The number of carbonyl (C=O) groups excluding carboxylic acids is 2. The lowest BCUT2D eigenvalue weighted by molar-refractivity contribution is -0.156. The van der Waals surface area contributed by atoms with Gasteiger partial charge < -0.3 is 16.2 Å². The number of thiazole rings is 2. The van der Waals surface area contributed by atoms with Crippen molar-refractivity contribution in [2.24, 2.45) is 5.18 Å². The number of hydrogen-bond donors (Lipinski definition) is 3. The van der Waals surface area contributed by atoms with E-state index in [4.69, 9.17) is 17.3 Å². The van der Waals surface area contributed by atoms with Crippen molar-refractivity contribution in [1.82, 2.24) is 20.2 Å². The number of thioether (sulfide) groups is 1. The molecule has 0 saturated carbocycles. The van der Waals surface area contributed by atoms with E-state index in [9.17, 15) is 37.6 Å². The topological polar surface area (TPSA) is 168 Å². The van der Waals surface area contributed by atoms with E-state index in [0.29, 0.717) is 17.5 Å². The zero-order valence-electron chi connectivity index (χ0n) is 16.9. The lowest BCUT2D eigenvalue weighted by atomic mass is 9.86. The molecule has 186 valence electrons. The molecule has 4 heterocycles. The summed E-state index contributed by atoms with van der Waals surface area (Å²) in [6.07, 6.45) is -3.62. The highest BCUT2D eigenvalue weighted by Gasteiger charge is 2.54. The summed E-state index contributed by atoms with van der Waals surface area (Å²) in [5.41, 5.74) is 4.96. The molecule has 1 saturated heterocycles. The first kappa shape index (κ1) is 25.3. The van der Waals surface area contributed by atoms with Crippen molar-refractivity contribution in [2.75, 3.05) is 5.73 Å². The van der Waals surface area contributed by atoms with Crippen molar-refractivity contribution in [3.8, 4) is 0 Å². The largest absolute Gasteiger partial charge is 0.477 e. The zero-order valence-corrected chi connectivity index (χ0v) is 20.1. The number of nitrogens with zero attached hydrogens (tertiary/aromatic N) is 4. The monoisotopic (exact) mass is 568 g/mol. The third-order valence-corrected chi connectivity index (χ3v) is 8.48. The molecule has 3 unspecified atom stereocenters. The van der Waals surface area contributed by atoms with Crippen LogP contribution in [0.25, 0.3) is 0 Å². The van der Waals surface area contributed by atoms with Gasteiger partial charge in [-0.25, -0.2) is 14.8 Å². The molecule has 1 fully saturated rings. The second-order valence-electron chi connectivity index (χ2n) is 7.19. The summed E-state index contributed by atoms with van der Waals surface area (Å²) in [4.78, 5) is 56.3. The number of carboxylic acid groups (broad SMARTS) is 1. The van der Waals surface area contributed by atoms with Crippen LogP contribution in [0.2, 0.25) is 4.34 Å². The molecule has 3 atom stereocenters. The van der Waals surface area contributed by atoms with Gasteiger partial charge in [0, 0.05) is 4.91 Å². The standard InChI is InChI=1S/C17H12ClF3N6O5S3/c18-11-8(25-15(22)35-11)9(26-32)12(28)24-7-4-1-2-5(10(14(30)31)27(4)13(7)29)33-16-23-3-6(34-16)17(19,20)21/h3-4,7,9H,1-2H2,(H2,22,25)(H,24,28)(H,30,31). The molecule has 2 aliphatic heterocycles. The number of β-lactam (4-membered cyclic amide) rings is 1. The minimum Gasteiger partial charge on any atom is -0.477 e. The molecule has 4 rings (SSSR count). The van der Waals surface area contributed by atoms with E-state index in [1.165, 1.54) is 0 Å². The van der Waals surface area contributed by atoms with Crippen LogP contribution in [-0.2, 0) is 20.6 Å². The van der Waals surface area contributed by atoms with Gasteiger partial charge in [0.25, 0.3) is 11.8 Å². The molecule has 4 N–H and O–H groups in total. The normalized spacial score (nSPS) is 20.8. The molecular formula is C17H12ClF3N6O5S3. The number of fused-ring (bicyclic) bond motifs is 1. The maximum atomic E-state index is 12.8. The first-order valence-corrected chi connectivity index (χ1v) is 12.3. The number of alkyl halides is 3. The van der Waals surface area contributed by atoms with Gasteiger partial charge in [-0.15, -0.1) is 16.2 Å². The van der Waals surface area contributed by atoms with Gasteiger partial charge in [0.1, 0.15) is 26.6 Å². The fraction of sp³-hybridized carbons (Fsp3) is 0.353. The van der Waals surface area contributed by atoms with Crippen molar-refractivity contribution >= 4 is 69.0 Å². The molecule has 0 aromatic carbocycles. The van der Waals surface area contributed by atoms with Gasteiger partial charge in [0.2, 0.25) is 6.04 Å². The number of rotatable bonds is 7. The van der Waals surface area contributed by atoms with Gasteiger partial charge in [-0.3, -0.25) is 14.5 Å². The van der Waals surface area contributed by atoms with Gasteiger partial charge in [0.05, 0.1) is 12.2 Å². The van der Waals surface area contributed by atoms with Crippen molar-refractivity contribution < 1.29 is 32.7 Å². The molecule has 18 heteroatoms. The van der Waals surface area contributed by atoms with Crippen LogP contribution in [0.1, 0.15) is 29.5 Å². The van der Waals surface area contributed by atoms with Gasteiger partial charge in [-0.05, 0) is 18.0 Å². The molecule has 35 heavy (non-hydrogen) atoms. The number of hydrogen-bond acceptors (Lipinski definition) is 11. The van der Waals surface area contributed by atoms with E-state index < -0.39 is 52.7 Å². The Morgan fingerprint density at radius 1 is 1.40 bits per heavy atom. The SMILES string of the molecule is Nc1nc(C(N=O)C(=O)NC2C(=O)N3C(C(=O)O)=C(Sc4ncc(C(F)(F)F)s4)CCC23)c(Cl)s1. The van der Waals surface area contributed by atoms with Crippen molar-refractivity contribution in [2.45, 2.75) is 41.5 Å². The highest BCUT2D eigenvalue weighted by atomic mass is 35.5. The molecule has 0 spiro atoms. The summed E-state index contributed by atoms with van der Waals surface area (Å²) >= 11 is 7.86. The quantitative estimate of drug-likeness (QED) is 0.335. The first-order valence-electron chi connectivity index (χ1n) is 9.47. The zero-order chi connectivity index (χ0) is 25.7. The number of carboxylic acids is 1. The highest BCUT2D eigenvalue weighted by molar-refractivity contribution is 8.04. The fourth-order valence-electron chi connectivity index (χ4n) is 3.62. The van der Waals surface area contributed by atoms with E-state index in [1.807, 2.05) is 0 Å². The van der Waals surface area contributed by atoms with Crippen LogP contribution in [0.5, 0.6) is 0 Å². The predicted molar refractivity (Wildman–Crippen MR) is 120 cm³/mol. The van der Waals surface area contributed by atoms with Crippen LogP contribution >= 0.6 is 46.0 Å². The number of nitroso groups, excluding NO2 is 1. The lowest BCUT2D eigenvalue weighted by Crippen LogP contribution is -2.71. The predicted octanol–water partition coefficient (Wildman–Crippen LogP) is 3.24. The van der Waals surface area contributed by atoms with Crippen molar-refractivity contribution in [1.29, 1.82) is 0 Å². The number of amides is 2. The smallest absolute Gasteiger partial charge is 0.427 e. The highest BCUT2D eigenvalue weighted by Crippen LogP contribution is 2.45. The van der Waals surface area contributed by atoms with E-state index in [1.54, 1.807) is 0 Å². The fourth-order valence-corrected chi connectivity index (χ4v) is 6.67. The van der Waals surface area contributed by atoms with Crippen LogP contribution < -0.4 is 11.1 Å². The number of carbonyl (C=O) groups is 3. The average Bonchev–Trinajstić information content (AvgIpc) is 3.38. The summed E-state index contributed by atoms with van der Waals surface area (Å²) in [6, 6.07) is -3.55.